The van der Waals surface area contributed by atoms with Crippen molar-refractivity contribution in [1.29, 1.82) is 0 Å². The quantitative estimate of drug-likeness (QED) is 0.628. The van der Waals surface area contributed by atoms with Gasteiger partial charge in [-0.15, -0.1) is 0 Å². The SMILES string of the molecule is O=[N+]([O-])c1c(F)cc(OCc2ccccc2)cc1F. The molecule has 0 spiro atoms. The van der Waals surface area contributed by atoms with Gasteiger partial charge in [-0.3, -0.25) is 10.1 Å². The largest absolute Gasteiger partial charge is 0.489 e. The minimum Gasteiger partial charge on any atom is -0.489 e. The summed E-state index contributed by atoms with van der Waals surface area (Å²) in [7, 11) is 0. The van der Waals surface area contributed by atoms with E-state index in [1.807, 2.05) is 6.07 Å². The fourth-order valence-electron chi connectivity index (χ4n) is 1.54. The van der Waals surface area contributed by atoms with E-state index in [1.165, 1.54) is 0 Å². The number of hydrogen-bond donors (Lipinski definition) is 0. The third kappa shape index (κ3) is 3.04. The van der Waals surface area contributed by atoms with Crippen molar-refractivity contribution in [2.45, 2.75) is 6.61 Å². The Labute approximate surface area is 107 Å². The maximum Gasteiger partial charge on any atom is 0.340 e. The average Bonchev–Trinajstić information content (AvgIpc) is 2.36. The molecule has 0 saturated heterocycles. The van der Waals surface area contributed by atoms with E-state index in [4.69, 9.17) is 4.74 Å². The Balaban J connectivity index is 2.16. The molecular formula is C13H9F2NO3. The van der Waals surface area contributed by atoms with Crippen molar-refractivity contribution in [2.75, 3.05) is 0 Å². The van der Waals surface area contributed by atoms with Crippen molar-refractivity contribution in [3.8, 4) is 5.75 Å². The maximum absolute atomic E-state index is 13.3. The summed E-state index contributed by atoms with van der Waals surface area (Å²) >= 11 is 0. The highest BCUT2D eigenvalue weighted by atomic mass is 19.1. The normalized spacial score (nSPS) is 10.2. The fourth-order valence-corrected chi connectivity index (χ4v) is 1.54. The highest BCUT2D eigenvalue weighted by Gasteiger charge is 2.22. The summed E-state index contributed by atoms with van der Waals surface area (Å²) in [5, 5.41) is 10.4. The summed E-state index contributed by atoms with van der Waals surface area (Å²) in [4.78, 5) is 9.31. The van der Waals surface area contributed by atoms with Gasteiger partial charge in [0.15, 0.2) is 0 Å². The van der Waals surface area contributed by atoms with Gasteiger partial charge in [0.1, 0.15) is 12.4 Å². The smallest absolute Gasteiger partial charge is 0.340 e. The van der Waals surface area contributed by atoms with Gasteiger partial charge in [-0.2, -0.15) is 8.78 Å². The van der Waals surface area contributed by atoms with Gasteiger partial charge in [0.2, 0.25) is 11.6 Å². The summed E-state index contributed by atoms with van der Waals surface area (Å²) in [6.07, 6.45) is 0. The summed E-state index contributed by atoms with van der Waals surface area (Å²) in [6.45, 7) is 0.123. The predicted octanol–water partition coefficient (Wildman–Crippen LogP) is 3.45. The van der Waals surface area contributed by atoms with E-state index in [-0.39, 0.29) is 12.4 Å². The zero-order chi connectivity index (χ0) is 13.8. The number of ether oxygens (including phenoxy) is 1. The zero-order valence-corrected chi connectivity index (χ0v) is 9.68. The van der Waals surface area contributed by atoms with Crippen LogP contribution in [0.2, 0.25) is 0 Å². The van der Waals surface area contributed by atoms with Crippen LogP contribution in [0.3, 0.4) is 0 Å². The molecule has 0 aliphatic rings. The van der Waals surface area contributed by atoms with Crippen molar-refractivity contribution >= 4 is 5.69 Å². The molecular weight excluding hydrogens is 256 g/mol. The fraction of sp³-hybridized carbons (Fsp3) is 0.0769. The predicted molar refractivity (Wildman–Crippen MR) is 63.8 cm³/mol. The van der Waals surface area contributed by atoms with Crippen LogP contribution < -0.4 is 4.74 Å². The molecule has 0 aliphatic heterocycles. The molecule has 2 aromatic rings. The van der Waals surface area contributed by atoms with E-state index in [2.05, 4.69) is 0 Å². The Morgan fingerprint density at radius 2 is 1.68 bits per heavy atom. The van der Waals surface area contributed by atoms with Gasteiger partial charge in [-0.25, -0.2) is 0 Å². The molecule has 19 heavy (non-hydrogen) atoms. The van der Waals surface area contributed by atoms with Crippen LogP contribution in [0.1, 0.15) is 5.56 Å². The minimum atomic E-state index is -1.26. The molecule has 6 heteroatoms. The molecule has 0 aliphatic carbocycles. The Morgan fingerprint density at radius 1 is 1.11 bits per heavy atom. The number of nitro benzene ring substituents is 1. The molecule has 0 heterocycles. The summed E-state index contributed by atoms with van der Waals surface area (Å²) in [5.41, 5.74) is -0.353. The molecule has 2 rings (SSSR count). The molecule has 0 amide bonds. The van der Waals surface area contributed by atoms with Crippen LogP contribution in [0.4, 0.5) is 14.5 Å². The molecule has 0 radical (unpaired) electrons. The zero-order valence-electron chi connectivity index (χ0n) is 9.68. The first-order chi connectivity index (χ1) is 9.08. The second-order valence-electron chi connectivity index (χ2n) is 3.77. The Morgan fingerprint density at radius 3 is 2.21 bits per heavy atom. The van der Waals surface area contributed by atoms with Crippen molar-refractivity contribution in [3.63, 3.8) is 0 Å². The topological polar surface area (TPSA) is 52.4 Å². The lowest BCUT2D eigenvalue weighted by atomic mass is 10.2. The van der Waals surface area contributed by atoms with E-state index in [0.29, 0.717) is 0 Å². The maximum atomic E-state index is 13.3. The highest BCUT2D eigenvalue weighted by molar-refractivity contribution is 5.39. The lowest BCUT2D eigenvalue weighted by Gasteiger charge is -2.06. The van der Waals surface area contributed by atoms with E-state index in [9.17, 15) is 18.9 Å². The summed E-state index contributed by atoms with van der Waals surface area (Å²) < 4.78 is 31.8. The highest BCUT2D eigenvalue weighted by Crippen LogP contribution is 2.27. The molecule has 0 aromatic heterocycles. The monoisotopic (exact) mass is 265 g/mol. The van der Waals surface area contributed by atoms with Gasteiger partial charge in [0, 0.05) is 12.1 Å². The molecule has 2 aromatic carbocycles. The van der Waals surface area contributed by atoms with E-state index in [1.54, 1.807) is 24.3 Å². The number of halogens is 2. The van der Waals surface area contributed by atoms with Crippen LogP contribution in [0.15, 0.2) is 42.5 Å². The van der Waals surface area contributed by atoms with Crippen LogP contribution >= 0.6 is 0 Å². The van der Waals surface area contributed by atoms with Crippen molar-refractivity contribution in [2.24, 2.45) is 0 Å². The number of nitro groups is 1. The van der Waals surface area contributed by atoms with E-state index in [0.717, 1.165) is 17.7 Å². The van der Waals surface area contributed by atoms with Crippen LogP contribution in [0, 0.1) is 21.7 Å². The molecule has 0 N–H and O–H groups in total. The van der Waals surface area contributed by atoms with Crippen LogP contribution in [0.25, 0.3) is 0 Å². The van der Waals surface area contributed by atoms with Crippen molar-refractivity contribution < 1.29 is 18.4 Å². The van der Waals surface area contributed by atoms with E-state index < -0.39 is 22.2 Å². The summed E-state index contributed by atoms with van der Waals surface area (Å²) in [6, 6.07) is 10.6. The number of benzene rings is 2. The Bertz CT molecular complexity index is 579. The Hall–Kier alpha value is -2.50. The van der Waals surface area contributed by atoms with E-state index >= 15 is 0 Å². The Kier molecular flexibility index (Phi) is 3.70. The van der Waals surface area contributed by atoms with Crippen LogP contribution in [0.5, 0.6) is 5.75 Å². The molecule has 0 fully saturated rings. The third-order valence-electron chi connectivity index (χ3n) is 2.42. The first kappa shape index (κ1) is 12.9. The molecule has 4 nitrogen and oxygen atoms in total. The van der Waals surface area contributed by atoms with Crippen molar-refractivity contribution in [3.05, 3.63) is 69.8 Å². The van der Waals surface area contributed by atoms with Gasteiger partial charge in [0.25, 0.3) is 0 Å². The average molecular weight is 265 g/mol. The molecule has 0 saturated carbocycles. The van der Waals surface area contributed by atoms with Gasteiger partial charge in [-0.1, -0.05) is 30.3 Å². The van der Waals surface area contributed by atoms with Gasteiger partial charge < -0.3 is 4.74 Å². The molecule has 98 valence electrons. The summed E-state index contributed by atoms with van der Waals surface area (Å²) in [5.74, 6) is -2.61. The second kappa shape index (κ2) is 5.43. The van der Waals surface area contributed by atoms with Crippen LogP contribution in [-0.4, -0.2) is 4.92 Å². The number of nitrogens with zero attached hydrogens (tertiary/aromatic N) is 1. The first-order valence-electron chi connectivity index (χ1n) is 5.38. The standard InChI is InChI=1S/C13H9F2NO3/c14-11-6-10(7-12(15)13(11)16(17)18)19-8-9-4-2-1-3-5-9/h1-7H,8H2. The second-order valence-corrected chi connectivity index (χ2v) is 3.77. The van der Waals surface area contributed by atoms with Gasteiger partial charge in [-0.05, 0) is 5.56 Å². The third-order valence-corrected chi connectivity index (χ3v) is 2.42. The first-order valence-corrected chi connectivity index (χ1v) is 5.38. The number of hydrogen-bond acceptors (Lipinski definition) is 3. The van der Waals surface area contributed by atoms with Gasteiger partial charge in [0.05, 0.1) is 4.92 Å². The van der Waals surface area contributed by atoms with Gasteiger partial charge >= 0.3 is 5.69 Å². The van der Waals surface area contributed by atoms with Crippen LogP contribution in [-0.2, 0) is 6.61 Å². The number of rotatable bonds is 4. The van der Waals surface area contributed by atoms with Crippen molar-refractivity contribution in [1.82, 2.24) is 0 Å². The molecule has 0 unspecified atom stereocenters. The minimum absolute atomic E-state index is 0.0931. The molecule has 0 bridgehead atoms. The lowest BCUT2D eigenvalue weighted by Crippen LogP contribution is -2.00. The lowest BCUT2D eigenvalue weighted by molar-refractivity contribution is -0.390. The molecule has 0 atom stereocenters.